The van der Waals surface area contributed by atoms with Gasteiger partial charge in [0, 0.05) is 15.6 Å². The lowest BCUT2D eigenvalue weighted by Gasteiger charge is -2.10. The highest BCUT2D eigenvalue weighted by Crippen LogP contribution is 2.25. The summed E-state index contributed by atoms with van der Waals surface area (Å²) in [6, 6.07) is 10.6. The van der Waals surface area contributed by atoms with Gasteiger partial charge in [-0.15, -0.1) is 0 Å². The predicted octanol–water partition coefficient (Wildman–Crippen LogP) is 4.42. The van der Waals surface area contributed by atoms with Crippen LogP contribution in [0.5, 0.6) is 5.75 Å². The number of hydrogen-bond donors (Lipinski definition) is 1. The predicted molar refractivity (Wildman–Crippen MR) is 90.2 cm³/mol. The summed E-state index contributed by atoms with van der Waals surface area (Å²) in [5.74, 6) is 0.575. The van der Waals surface area contributed by atoms with E-state index in [4.69, 9.17) is 27.9 Å². The standard InChI is InChI=1S/C17H17Cl2NO2/c1-11-8-15(9-12(2)16(11)19)22-7-6-20-17(21)13-4-3-5-14(18)10-13/h3-5,8-10H,6-7H2,1-2H3,(H,20,21). The van der Waals surface area contributed by atoms with E-state index in [-0.39, 0.29) is 5.91 Å². The second-order valence-corrected chi connectivity index (χ2v) is 5.80. The molecule has 0 atom stereocenters. The Hall–Kier alpha value is -1.71. The van der Waals surface area contributed by atoms with Gasteiger partial charge in [-0.2, -0.15) is 0 Å². The average molecular weight is 338 g/mol. The van der Waals surface area contributed by atoms with E-state index in [9.17, 15) is 4.79 Å². The van der Waals surface area contributed by atoms with Gasteiger partial charge in [-0.05, 0) is 55.3 Å². The molecule has 0 spiro atoms. The first-order valence-corrected chi connectivity index (χ1v) is 7.66. The molecule has 5 heteroatoms. The first-order chi connectivity index (χ1) is 10.5. The Labute approximate surface area is 140 Å². The zero-order valence-corrected chi connectivity index (χ0v) is 14.0. The number of amides is 1. The Balaban J connectivity index is 1.83. The number of carbonyl (C=O) groups excluding carboxylic acids is 1. The Morgan fingerprint density at radius 1 is 1.14 bits per heavy atom. The summed E-state index contributed by atoms with van der Waals surface area (Å²) in [4.78, 5) is 11.9. The first kappa shape index (κ1) is 16.7. The largest absolute Gasteiger partial charge is 0.492 e. The van der Waals surface area contributed by atoms with E-state index in [0.29, 0.717) is 23.7 Å². The van der Waals surface area contributed by atoms with Gasteiger partial charge in [0.15, 0.2) is 0 Å². The van der Waals surface area contributed by atoms with Crippen LogP contribution in [-0.2, 0) is 0 Å². The second kappa shape index (κ2) is 7.52. The molecule has 1 N–H and O–H groups in total. The molecule has 0 saturated heterocycles. The minimum atomic E-state index is -0.172. The normalized spacial score (nSPS) is 10.4. The molecule has 2 rings (SSSR count). The van der Waals surface area contributed by atoms with Crippen LogP contribution in [0, 0.1) is 13.8 Å². The molecule has 2 aromatic rings. The van der Waals surface area contributed by atoms with Crippen LogP contribution in [-0.4, -0.2) is 19.1 Å². The van der Waals surface area contributed by atoms with Crippen LogP contribution >= 0.6 is 23.2 Å². The van der Waals surface area contributed by atoms with Gasteiger partial charge in [0.05, 0.1) is 6.54 Å². The molecule has 2 aromatic carbocycles. The fourth-order valence-electron chi connectivity index (χ4n) is 2.05. The van der Waals surface area contributed by atoms with Crippen molar-refractivity contribution in [2.75, 3.05) is 13.2 Å². The first-order valence-electron chi connectivity index (χ1n) is 6.90. The number of rotatable bonds is 5. The summed E-state index contributed by atoms with van der Waals surface area (Å²) in [6.07, 6.45) is 0. The number of benzene rings is 2. The van der Waals surface area contributed by atoms with Gasteiger partial charge in [-0.3, -0.25) is 4.79 Å². The molecule has 0 aromatic heterocycles. The third-order valence-electron chi connectivity index (χ3n) is 3.15. The minimum Gasteiger partial charge on any atom is -0.492 e. The highest BCUT2D eigenvalue weighted by molar-refractivity contribution is 6.32. The van der Waals surface area contributed by atoms with Gasteiger partial charge in [-0.25, -0.2) is 0 Å². The minimum absolute atomic E-state index is 0.172. The summed E-state index contributed by atoms with van der Waals surface area (Å²) in [6.45, 7) is 4.66. The van der Waals surface area contributed by atoms with Crippen molar-refractivity contribution in [1.82, 2.24) is 5.32 Å². The Morgan fingerprint density at radius 2 is 1.82 bits per heavy atom. The third kappa shape index (κ3) is 4.39. The number of nitrogens with one attached hydrogen (secondary N) is 1. The average Bonchev–Trinajstić information content (AvgIpc) is 2.49. The van der Waals surface area contributed by atoms with E-state index in [0.717, 1.165) is 21.9 Å². The van der Waals surface area contributed by atoms with Gasteiger partial charge in [0.25, 0.3) is 5.91 Å². The van der Waals surface area contributed by atoms with Gasteiger partial charge in [-0.1, -0.05) is 29.3 Å². The fraction of sp³-hybridized carbons (Fsp3) is 0.235. The van der Waals surface area contributed by atoms with Crippen molar-refractivity contribution in [2.24, 2.45) is 0 Å². The van der Waals surface area contributed by atoms with Crippen LogP contribution in [0.3, 0.4) is 0 Å². The van der Waals surface area contributed by atoms with Crippen molar-refractivity contribution in [3.8, 4) is 5.75 Å². The maximum atomic E-state index is 11.9. The molecular formula is C17H17Cl2NO2. The summed E-state index contributed by atoms with van der Waals surface area (Å²) in [5.41, 5.74) is 2.48. The number of hydrogen-bond acceptors (Lipinski definition) is 2. The molecule has 0 unspecified atom stereocenters. The molecule has 0 fully saturated rings. The summed E-state index contributed by atoms with van der Waals surface area (Å²) in [5, 5.41) is 4.08. The van der Waals surface area contributed by atoms with Crippen LogP contribution in [0.1, 0.15) is 21.5 Å². The fourth-order valence-corrected chi connectivity index (χ4v) is 2.35. The molecule has 0 heterocycles. The third-order valence-corrected chi connectivity index (χ3v) is 3.98. The van der Waals surface area contributed by atoms with E-state index in [1.54, 1.807) is 24.3 Å². The lowest BCUT2D eigenvalue weighted by molar-refractivity contribution is 0.0947. The molecule has 0 saturated carbocycles. The highest BCUT2D eigenvalue weighted by Gasteiger charge is 2.06. The Kier molecular flexibility index (Phi) is 5.69. The number of aryl methyl sites for hydroxylation is 2. The zero-order chi connectivity index (χ0) is 16.1. The molecule has 1 amide bonds. The van der Waals surface area contributed by atoms with E-state index in [1.807, 2.05) is 26.0 Å². The summed E-state index contributed by atoms with van der Waals surface area (Å²) < 4.78 is 5.63. The molecule has 3 nitrogen and oxygen atoms in total. The maximum Gasteiger partial charge on any atom is 0.251 e. The zero-order valence-electron chi connectivity index (χ0n) is 12.5. The Morgan fingerprint density at radius 3 is 2.45 bits per heavy atom. The number of carbonyl (C=O) groups is 1. The van der Waals surface area contributed by atoms with E-state index >= 15 is 0 Å². The van der Waals surface area contributed by atoms with Crippen LogP contribution in [0.25, 0.3) is 0 Å². The molecule has 22 heavy (non-hydrogen) atoms. The van der Waals surface area contributed by atoms with Crippen molar-refractivity contribution >= 4 is 29.1 Å². The van der Waals surface area contributed by atoms with Gasteiger partial charge in [0.1, 0.15) is 12.4 Å². The molecule has 0 radical (unpaired) electrons. The molecular weight excluding hydrogens is 321 g/mol. The van der Waals surface area contributed by atoms with Crippen LogP contribution in [0.15, 0.2) is 36.4 Å². The SMILES string of the molecule is Cc1cc(OCCNC(=O)c2cccc(Cl)c2)cc(C)c1Cl. The lowest BCUT2D eigenvalue weighted by Crippen LogP contribution is -2.28. The number of ether oxygens (including phenoxy) is 1. The molecule has 0 bridgehead atoms. The molecule has 0 aliphatic carbocycles. The second-order valence-electron chi connectivity index (χ2n) is 4.99. The van der Waals surface area contributed by atoms with E-state index in [2.05, 4.69) is 5.32 Å². The quantitative estimate of drug-likeness (QED) is 0.820. The summed E-state index contributed by atoms with van der Waals surface area (Å²) >= 11 is 12.0. The van der Waals surface area contributed by atoms with Gasteiger partial charge >= 0.3 is 0 Å². The molecule has 0 aliphatic heterocycles. The van der Waals surface area contributed by atoms with E-state index < -0.39 is 0 Å². The van der Waals surface area contributed by atoms with Crippen LogP contribution in [0.4, 0.5) is 0 Å². The number of halogens is 2. The Bertz CT molecular complexity index is 663. The van der Waals surface area contributed by atoms with Gasteiger partial charge in [0.2, 0.25) is 0 Å². The maximum absolute atomic E-state index is 11.9. The van der Waals surface area contributed by atoms with Crippen molar-refractivity contribution in [2.45, 2.75) is 13.8 Å². The summed E-state index contributed by atoms with van der Waals surface area (Å²) in [7, 11) is 0. The van der Waals surface area contributed by atoms with Crippen molar-refractivity contribution in [3.05, 3.63) is 63.1 Å². The lowest BCUT2D eigenvalue weighted by atomic mass is 10.1. The molecule has 116 valence electrons. The van der Waals surface area contributed by atoms with Crippen LogP contribution in [0.2, 0.25) is 10.0 Å². The van der Waals surface area contributed by atoms with Crippen molar-refractivity contribution < 1.29 is 9.53 Å². The van der Waals surface area contributed by atoms with E-state index in [1.165, 1.54) is 0 Å². The smallest absolute Gasteiger partial charge is 0.251 e. The van der Waals surface area contributed by atoms with Crippen molar-refractivity contribution in [3.63, 3.8) is 0 Å². The van der Waals surface area contributed by atoms with Gasteiger partial charge < -0.3 is 10.1 Å². The van der Waals surface area contributed by atoms with Crippen LogP contribution < -0.4 is 10.1 Å². The monoisotopic (exact) mass is 337 g/mol. The van der Waals surface area contributed by atoms with Crippen molar-refractivity contribution in [1.29, 1.82) is 0 Å². The molecule has 0 aliphatic rings. The topological polar surface area (TPSA) is 38.3 Å². The highest BCUT2D eigenvalue weighted by atomic mass is 35.5.